The van der Waals surface area contributed by atoms with Crippen molar-refractivity contribution in [3.63, 3.8) is 0 Å². The van der Waals surface area contributed by atoms with Crippen molar-refractivity contribution < 1.29 is 22.4 Å². The van der Waals surface area contributed by atoms with Gasteiger partial charge in [-0.2, -0.15) is 13.2 Å². The van der Waals surface area contributed by atoms with E-state index >= 15 is 0 Å². The molecule has 0 aliphatic rings. The molecular formula is C28H25F4N3O2. The molecule has 192 valence electrons. The Labute approximate surface area is 211 Å². The molecule has 1 unspecified atom stereocenters. The molecule has 0 spiro atoms. The highest BCUT2D eigenvalue weighted by Crippen LogP contribution is 2.31. The number of amides is 1. The van der Waals surface area contributed by atoms with E-state index in [4.69, 9.17) is 4.98 Å². The third-order valence-corrected chi connectivity index (χ3v) is 5.99. The summed E-state index contributed by atoms with van der Waals surface area (Å²) in [5, 5.41) is 0.336. The largest absolute Gasteiger partial charge is 0.416 e. The highest BCUT2D eigenvalue weighted by atomic mass is 19.4. The first-order valence-corrected chi connectivity index (χ1v) is 11.7. The van der Waals surface area contributed by atoms with E-state index in [1.165, 1.54) is 45.9 Å². The second-order valence-electron chi connectivity index (χ2n) is 9.21. The Bertz CT molecular complexity index is 1490. The lowest BCUT2D eigenvalue weighted by Gasteiger charge is -2.32. The van der Waals surface area contributed by atoms with Gasteiger partial charge in [0.2, 0.25) is 0 Å². The van der Waals surface area contributed by atoms with Gasteiger partial charge in [0.05, 0.1) is 28.2 Å². The Morgan fingerprint density at radius 1 is 0.973 bits per heavy atom. The Morgan fingerprint density at radius 2 is 1.65 bits per heavy atom. The maximum absolute atomic E-state index is 13.7. The molecule has 3 aromatic carbocycles. The van der Waals surface area contributed by atoms with E-state index in [1.54, 1.807) is 31.2 Å². The molecule has 9 heteroatoms. The van der Waals surface area contributed by atoms with Gasteiger partial charge in [-0.25, -0.2) is 9.37 Å². The number of halogens is 4. The van der Waals surface area contributed by atoms with Crippen LogP contribution < -0.4 is 5.56 Å². The highest BCUT2D eigenvalue weighted by molar-refractivity contribution is 5.94. The molecule has 0 saturated carbocycles. The van der Waals surface area contributed by atoms with Gasteiger partial charge in [0, 0.05) is 12.1 Å². The number of hydrogen-bond acceptors (Lipinski definition) is 3. The molecule has 0 saturated heterocycles. The number of alkyl halides is 3. The summed E-state index contributed by atoms with van der Waals surface area (Å²) in [6.45, 7) is 5.62. The van der Waals surface area contributed by atoms with E-state index in [2.05, 4.69) is 0 Å². The van der Waals surface area contributed by atoms with Crippen molar-refractivity contribution in [1.82, 2.24) is 14.5 Å². The van der Waals surface area contributed by atoms with Crippen LogP contribution in [-0.2, 0) is 6.18 Å². The molecule has 5 nitrogen and oxygen atoms in total. The Balaban J connectivity index is 1.89. The van der Waals surface area contributed by atoms with Crippen molar-refractivity contribution in [3.05, 3.63) is 106 Å². The van der Waals surface area contributed by atoms with Gasteiger partial charge in [0.15, 0.2) is 0 Å². The smallest absolute Gasteiger partial charge is 0.328 e. The zero-order valence-corrected chi connectivity index (χ0v) is 20.5. The van der Waals surface area contributed by atoms with E-state index in [9.17, 15) is 27.2 Å². The molecule has 0 aliphatic heterocycles. The molecule has 1 heterocycles. The molecule has 1 atom stereocenters. The zero-order valence-electron chi connectivity index (χ0n) is 20.5. The normalized spacial score (nSPS) is 12.6. The third-order valence-electron chi connectivity index (χ3n) is 5.99. The Hall–Kier alpha value is -4.01. The van der Waals surface area contributed by atoms with Crippen LogP contribution in [0, 0.1) is 11.7 Å². The monoisotopic (exact) mass is 511 g/mol. The second kappa shape index (κ2) is 10.2. The summed E-state index contributed by atoms with van der Waals surface area (Å²) in [6, 6.07) is 15.5. The van der Waals surface area contributed by atoms with Gasteiger partial charge in [0.25, 0.3) is 11.5 Å². The molecule has 1 amide bonds. The van der Waals surface area contributed by atoms with Crippen LogP contribution in [0.5, 0.6) is 0 Å². The predicted octanol–water partition coefficient (Wildman–Crippen LogP) is 6.40. The van der Waals surface area contributed by atoms with E-state index in [1.807, 2.05) is 13.8 Å². The van der Waals surface area contributed by atoms with E-state index in [0.29, 0.717) is 16.6 Å². The molecule has 1 aromatic heterocycles. The Kier molecular flexibility index (Phi) is 7.16. The maximum Gasteiger partial charge on any atom is 0.416 e. The summed E-state index contributed by atoms with van der Waals surface area (Å²) >= 11 is 0. The quantitative estimate of drug-likeness (QED) is 0.282. The fourth-order valence-corrected chi connectivity index (χ4v) is 4.21. The van der Waals surface area contributed by atoms with Crippen molar-refractivity contribution in [3.8, 4) is 5.69 Å². The molecule has 4 aromatic rings. The third kappa shape index (κ3) is 5.40. The first-order valence-electron chi connectivity index (χ1n) is 11.7. The topological polar surface area (TPSA) is 55.2 Å². The van der Waals surface area contributed by atoms with Gasteiger partial charge in [-0.15, -0.1) is 0 Å². The summed E-state index contributed by atoms with van der Waals surface area (Å²) in [5.41, 5.74) is -0.706. The van der Waals surface area contributed by atoms with Crippen LogP contribution in [-0.4, -0.2) is 26.9 Å². The van der Waals surface area contributed by atoms with Gasteiger partial charge >= 0.3 is 6.18 Å². The van der Waals surface area contributed by atoms with Crippen molar-refractivity contribution in [2.45, 2.75) is 33.0 Å². The predicted molar refractivity (Wildman–Crippen MR) is 133 cm³/mol. The van der Waals surface area contributed by atoms with Gasteiger partial charge in [0.1, 0.15) is 11.6 Å². The fourth-order valence-electron chi connectivity index (χ4n) is 4.21. The number of rotatable bonds is 6. The van der Waals surface area contributed by atoms with Gasteiger partial charge in [-0.3, -0.25) is 14.2 Å². The van der Waals surface area contributed by atoms with Crippen molar-refractivity contribution >= 4 is 16.8 Å². The second-order valence-corrected chi connectivity index (χ2v) is 9.21. The average Bonchev–Trinajstić information content (AvgIpc) is 2.86. The number of fused-ring (bicyclic) bond motifs is 1. The maximum atomic E-state index is 13.7. The number of benzene rings is 3. The van der Waals surface area contributed by atoms with Gasteiger partial charge < -0.3 is 4.90 Å². The van der Waals surface area contributed by atoms with Crippen LogP contribution in [0.2, 0.25) is 0 Å². The van der Waals surface area contributed by atoms with Crippen LogP contribution in [0.15, 0.2) is 77.6 Å². The van der Waals surface area contributed by atoms with Gasteiger partial charge in [-0.1, -0.05) is 32.0 Å². The fraction of sp³-hybridized carbons (Fsp3) is 0.250. The number of carbonyl (C=O) groups is 1. The number of carbonyl (C=O) groups excluding carboxylic acids is 1. The summed E-state index contributed by atoms with van der Waals surface area (Å²) in [4.78, 5) is 33.3. The minimum atomic E-state index is -4.60. The van der Waals surface area contributed by atoms with Crippen LogP contribution in [0.1, 0.15) is 48.6 Å². The average molecular weight is 512 g/mol. The number of nitrogens with zero attached hydrogens (tertiary/aromatic N) is 3. The molecule has 0 aliphatic carbocycles. The molecule has 0 radical (unpaired) electrons. The van der Waals surface area contributed by atoms with Crippen LogP contribution in [0.25, 0.3) is 16.6 Å². The van der Waals surface area contributed by atoms with E-state index < -0.39 is 35.1 Å². The standard InChI is InChI=1S/C28H25F4N3O2/c1-17(2)16-34(26(36)19-7-6-8-20(15-19)28(30,31)32)18(3)25-33-24-10-5-4-9-23(24)27(37)35(25)22-13-11-21(29)12-14-22/h4-15,17-18H,16H2,1-3H3. The minimum absolute atomic E-state index is 0.0383. The summed E-state index contributed by atoms with van der Waals surface area (Å²) in [5.74, 6) is -0.943. The lowest BCUT2D eigenvalue weighted by atomic mass is 10.1. The lowest BCUT2D eigenvalue weighted by molar-refractivity contribution is -0.137. The zero-order chi connectivity index (χ0) is 26.9. The van der Waals surface area contributed by atoms with Gasteiger partial charge in [-0.05, 0) is 67.4 Å². The molecular weight excluding hydrogens is 486 g/mol. The van der Waals surface area contributed by atoms with Crippen LogP contribution in [0.4, 0.5) is 17.6 Å². The Morgan fingerprint density at radius 3 is 2.30 bits per heavy atom. The lowest BCUT2D eigenvalue weighted by Crippen LogP contribution is -2.39. The first kappa shape index (κ1) is 26.1. The molecule has 37 heavy (non-hydrogen) atoms. The SMILES string of the molecule is CC(C)CN(C(=O)c1cccc(C(F)(F)F)c1)C(C)c1nc2ccccc2c(=O)n1-c1ccc(F)cc1. The van der Waals surface area contributed by atoms with E-state index in [-0.39, 0.29) is 23.9 Å². The van der Waals surface area contributed by atoms with Crippen molar-refractivity contribution in [2.24, 2.45) is 5.92 Å². The molecule has 4 rings (SSSR count). The number of aromatic nitrogens is 2. The molecule has 0 bridgehead atoms. The van der Waals surface area contributed by atoms with Crippen LogP contribution in [0.3, 0.4) is 0 Å². The summed E-state index contributed by atoms with van der Waals surface area (Å²) in [7, 11) is 0. The summed E-state index contributed by atoms with van der Waals surface area (Å²) < 4.78 is 55.0. The van der Waals surface area contributed by atoms with Crippen LogP contribution >= 0.6 is 0 Å². The minimum Gasteiger partial charge on any atom is -0.328 e. The number of para-hydroxylation sites is 1. The highest BCUT2D eigenvalue weighted by Gasteiger charge is 2.33. The number of hydrogen-bond donors (Lipinski definition) is 0. The van der Waals surface area contributed by atoms with Crippen molar-refractivity contribution in [1.29, 1.82) is 0 Å². The summed E-state index contributed by atoms with van der Waals surface area (Å²) in [6.07, 6.45) is -4.60. The van der Waals surface area contributed by atoms with Crippen molar-refractivity contribution in [2.75, 3.05) is 6.54 Å². The molecule has 0 N–H and O–H groups in total. The first-order chi connectivity index (χ1) is 17.5. The van der Waals surface area contributed by atoms with E-state index in [0.717, 1.165) is 12.1 Å². The molecule has 0 fully saturated rings.